The van der Waals surface area contributed by atoms with Crippen LogP contribution in [-0.4, -0.2) is 57.8 Å². The highest BCUT2D eigenvalue weighted by Gasteiger charge is 2.29. The van der Waals surface area contributed by atoms with E-state index < -0.39 is 30.8 Å². The van der Waals surface area contributed by atoms with Gasteiger partial charge in [0.15, 0.2) is 6.10 Å². The SMILES string of the molecule is CCCCCCCCCNC(=O)C(O)C(O)C(O)CO. The highest BCUT2D eigenvalue weighted by atomic mass is 16.4. The van der Waals surface area contributed by atoms with Crippen molar-refractivity contribution in [1.82, 2.24) is 5.32 Å². The minimum absolute atomic E-state index is 0.436. The zero-order chi connectivity index (χ0) is 15.4. The van der Waals surface area contributed by atoms with Gasteiger partial charge in [-0.1, -0.05) is 45.4 Å². The Morgan fingerprint density at radius 1 is 1.00 bits per heavy atom. The fourth-order valence-corrected chi connectivity index (χ4v) is 1.87. The van der Waals surface area contributed by atoms with E-state index in [-0.39, 0.29) is 0 Å². The molecule has 20 heavy (non-hydrogen) atoms. The number of nitrogens with one attached hydrogen (secondary N) is 1. The third kappa shape index (κ3) is 8.47. The second-order valence-electron chi connectivity index (χ2n) is 5.10. The molecule has 0 heterocycles. The first kappa shape index (κ1) is 19.3. The molecule has 1 amide bonds. The third-order valence-corrected chi connectivity index (χ3v) is 3.25. The molecule has 120 valence electrons. The first-order valence-corrected chi connectivity index (χ1v) is 7.47. The van der Waals surface area contributed by atoms with Gasteiger partial charge < -0.3 is 25.7 Å². The van der Waals surface area contributed by atoms with Crippen LogP contribution in [0.15, 0.2) is 0 Å². The van der Waals surface area contributed by atoms with Gasteiger partial charge in [0.05, 0.1) is 6.61 Å². The molecule has 5 N–H and O–H groups in total. The average Bonchev–Trinajstić information content (AvgIpc) is 2.47. The highest BCUT2D eigenvalue weighted by Crippen LogP contribution is 2.06. The quantitative estimate of drug-likeness (QED) is 0.323. The zero-order valence-electron chi connectivity index (χ0n) is 12.3. The van der Waals surface area contributed by atoms with E-state index in [4.69, 9.17) is 10.2 Å². The Bertz CT molecular complexity index is 250. The van der Waals surface area contributed by atoms with Crippen molar-refractivity contribution >= 4 is 5.91 Å². The molecule has 0 aliphatic rings. The van der Waals surface area contributed by atoms with Crippen molar-refractivity contribution in [3.05, 3.63) is 0 Å². The topological polar surface area (TPSA) is 110 Å². The molecule has 6 nitrogen and oxygen atoms in total. The van der Waals surface area contributed by atoms with Crippen molar-refractivity contribution < 1.29 is 25.2 Å². The molecule has 0 aromatic rings. The monoisotopic (exact) mass is 291 g/mol. The van der Waals surface area contributed by atoms with E-state index in [0.717, 1.165) is 19.3 Å². The number of carbonyl (C=O) groups excluding carboxylic acids is 1. The van der Waals surface area contributed by atoms with E-state index in [0.29, 0.717) is 6.54 Å². The van der Waals surface area contributed by atoms with Crippen molar-refractivity contribution in [1.29, 1.82) is 0 Å². The molecular formula is C14H29NO5. The molecule has 0 spiro atoms. The summed E-state index contributed by atoms with van der Waals surface area (Å²) in [7, 11) is 0. The van der Waals surface area contributed by atoms with Gasteiger partial charge in [0.1, 0.15) is 12.2 Å². The number of unbranched alkanes of at least 4 members (excludes halogenated alkanes) is 6. The van der Waals surface area contributed by atoms with Gasteiger partial charge in [-0.3, -0.25) is 4.79 Å². The van der Waals surface area contributed by atoms with Crippen LogP contribution in [0.1, 0.15) is 51.9 Å². The standard InChI is InChI=1S/C14H29NO5/c1-2-3-4-5-6-7-8-9-15-14(20)13(19)12(18)11(17)10-16/h11-13,16-19H,2-10H2,1H3,(H,15,20). The molecule has 0 radical (unpaired) electrons. The lowest BCUT2D eigenvalue weighted by Gasteiger charge is -2.20. The lowest BCUT2D eigenvalue weighted by molar-refractivity contribution is -0.142. The summed E-state index contributed by atoms with van der Waals surface area (Å²) < 4.78 is 0. The van der Waals surface area contributed by atoms with Crippen LogP contribution < -0.4 is 5.32 Å². The Labute approximate surface area is 120 Å². The van der Waals surface area contributed by atoms with E-state index >= 15 is 0 Å². The molecule has 0 bridgehead atoms. The first-order chi connectivity index (χ1) is 9.54. The molecule has 0 aromatic heterocycles. The second-order valence-corrected chi connectivity index (χ2v) is 5.10. The first-order valence-electron chi connectivity index (χ1n) is 7.47. The van der Waals surface area contributed by atoms with E-state index in [1.54, 1.807) is 0 Å². The normalized spacial score (nSPS) is 15.7. The minimum Gasteiger partial charge on any atom is -0.394 e. The van der Waals surface area contributed by atoms with Crippen LogP contribution in [0.25, 0.3) is 0 Å². The molecule has 0 aliphatic carbocycles. The van der Waals surface area contributed by atoms with Gasteiger partial charge in [0.2, 0.25) is 0 Å². The summed E-state index contributed by atoms with van der Waals surface area (Å²) in [6.07, 6.45) is 2.97. The van der Waals surface area contributed by atoms with Gasteiger partial charge in [-0.05, 0) is 6.42 Å². The molecule has 6 heteroatoms. The van der Waals surface area contributed by atoms with Gasteiger partial charge in [-0.2, -0.15) is 0 Å². The predicted molar refractivity (Wildman–Crippen MR) is 76.1 cm³/mol. The van der Waals surface area contributed by atoms with Gasteiger partial charge in [0.25, 0.3) is 5.91 Å². The molecular weight excluding hydrogens is 262 g/mol. The largest absolute Gasteiger partial charge is 0.394 e. The van der Waals surface area contributed by atoms with Crippen LogP contribution in [0.4, 0.5) is 0 Å². The molecule has 0 aromatic carbocycles. The fourth-order valence-electron chi connectivity index (χ4n) is 1.87. The Hall–Kier alpha value is -0.690. The smallest absolute Gasteiger partial charge is 0.251 e. The number of carbonyl (C=O) groups is 1. The molecule has 0 saturated carbocycles. The van der Waals surface area contributed by atoms with E-state index in [2.05, 4.69) is 12.2 Å². The number of amides is 1. The maximum absolute atomic E-state index is 11.5. The van der Waals surface area contributed by atoms with Gasteiger partial charge in [-0.25, -0.2) is 0 Å². The Balaban J connectivity index is 3.62. The number of aliphatic hydroxyl groups excluding tert-OH is 4. The van der Waals surface area contributed by atoms with Crippen LogP contribution in [0.3, 0.4) is 0 Å². The van der Waals surface area contributed by atoms with Crippen molar-refractivity contribution in [2.75, 3.05) is 13.2 Å². The maximum atomic E-state index is 11.5. The van der Waals surface area contributed by atoms with Crippen molar-refractivity contribution in [2.24, 2.45) is 0 Å². The average molecular weight is 291 g/mol. The van der Waals surface area contributed by atoms with Crippen LogP contribution >= 0.6 is 0 Å². The number of hydrogen-bond donors (Lipinski definition) is 5. The Morgan fingerprint density at radius 2 is 1.55 bits per heavy atom. The summed E-state index contributed by atoms with van der Waals surface area (Å²) >= 11 is 0. The molecule has 0 fully saturated rings. The lowest BCUT2D eigenvalue weighted by atomic mass is 10.1. The summed E-state index contributed by atoms with van der Waals surface area (Å²) in [6, 6.07) is 0. The molecule has 3 unspecified atom stereocenters. The second kappa shape index (κ2) is 12.1. The lowest BCUT2D eigenvalue weighted by Crippen LogP contribution is -2.48. The third-order valence-electron chi connectivity index (χ3n) is 3.25. The predicted octanol–water partition coefficient (Wildman–Crippen LogP) is -0.0718. The van der Waals surface area contributed by atoms with Crippen LogP contribution in [-0.2, 0) is 4.79 Å². The summed E-state index contributed by atoms with van der Waals surface area (Å²) in [5.74, 6) is -0.726. The fraction of sp³-hybridized carbons (Fsp3) is 0.929. The molecule has 0 aliphatic heterocycles. The highest BCUT2D eigenvalue weighted by molar-refractivity contribution is 5.81. The number of rotatable bonds is 12. The van der Waals surface area contributed by atoms with Crippen molar-refractivity contribution in [2.45, 2.75) is 70.2 Å². The van der Waals surface area contributed by atoms with Gasteiger partial charge in [-0.15, -0.1) is 0 Å². The van der Waals surface area contributed by atoms with Gasteiger partial charge >= 0.3 is 0 Å². The van der Waals surface area contributed by atoms with Crippen LogP contribution in [0.2, 0.25) is 0 Å². The summed E-state index contributed by atoms with van der Waals surface area (Å²) in [4.78, 5) is 11.5. The summed E-state index contributed by atoms with van der Waals surface area (Å²) in [5.41, 5.74) is 0. The van der Waals surface area contributed by atoms with Crippen LogP contribution in [0, 0.1) is 0 Å². The van der Waals surface area contributed by atoms with E-state index in [1.807, 2.05) is 0 Å². The van der Waals surface area contributed by atoms with E-state index in [9.17, 15) is 15.0 Å². The minimum atomic E-state index is -1.72. The van der Waals surface area contributed by atoms with Crippen molar-refractivity contribution in [3.8, 4) is 0 Å². The summed E-state index contributed by atoms with van der Waals surface area (Å²) in [6.45, 7) is 1.90. The van der Waals surface area contributed by atoms with Crippen LogP contribution in [0.5, 0.6) is 0 Å². The van der Waals surface area contributed by atoms with Gasteiger partial charge in [0, 0.05) is 6.54 Å². The maximum Gasteiger partial charge on any atom is 0.251 e. The molecule has 0 rings (SSSR count). The molecule has 3 atom stereocenters. The number of aliphatic hydroxyl groups is 4. The Morgan fingerprint density at radius 3 is 2.10 bits per heavy atom. The summed E-state index contributed by atoms with van der Waals surface area (Å²) in [5, 5.41) is 39.1. The zero-order valence-corrected chi connectivity index (χ0v) is 12.3. The number of hydrogen-bond acceptors (Lipinski definition) is 5. The Kier molecular flexibility index (Phi) is 11.7. The molecule has 0 saturated heterocycles. The van der Waals surface area contributed by atoms with Crippen molar-refractivity contribution in [3.63, 3.8) is 0 Å². The van der Waals surface area contributed by atoms with E-state index in [1.165, 1.54) is 25.7 Å².